The zero-order valence-corrected chi connectivity index (χ0v) is 22.5. The largest absolute Gasteiger partial charge is 0.367 e. The molecule has 3 aromatic rings. The van der Waals surface area contributed by atoms with Crippen LogP contribution in [0.4, 0.5) is 11.4 Å². The van der Waals surface area contributed by atoms with Crippen molar-refractivity contribution in [1.29, 1.82) is 0 Å². The Kier molecular flexibility index (Phi) is 8.25. The highest BCUT2D eigenvalue weighted by Gasteiger charge is 2.30. The molecule has 1 atom stereocenters. The zero-order chi connectivity index (χ0) is 27.2. The number of carbonyl (C=O) groups is 3. The quantitative estimate of drug-likeness (QED) is 0.471. The Morgan fingerprint density at radius 2 is 1.41 bits per heavy atom. The molecular formula is C32H36N4O3. The van der Waals surface area contributed by atoms with E-state index in [0.29, 0.717) is 43.0 Å². The van der Waals surface area contributed by atoms with E-state index in [0.717, 1.165) is 43.6 Å². The van der Waals surface area contributed by atoms with Gasteiger partial charge in [-0.2, -0.15) is 0 Å². The maximum Gasteiger partial charge on any atom is 0.256 e. The lowest BCUT2D eigenvalue weighted by atomic mass is 9.94. The molecule has 2 aliphatic rings. The van der Waals surface area contributed by atoms with Crippen molar-refractivity contribution in [3.05, 3.63) is 95.6 Å². The van der Waals surface area contributed by atoms with Crippen LogP contribution in [0, 0.1) is 0 Å². The Balaban J connectivity index is 1.33. The van der Waals surface area contributed by atoms with Gasteiger partial charge in [0.25, 0.3) is 11.8 Å². The smallest absolute Gasteiger partial charge is 0.256 e. The fourth-order valence-corrected chi connectivity index (χ4v) is 5.57. The highest BCUT2D eigenvalue weighted by Crippen LogP contribution is 2.29. The van der Waals surface area contributed by atoms with E-state index in [2.05, 4.69) is 17.1 Å². The van der Waals surface area contributed by atoms with Crippen LogP contribution in [0.15, 0.2) is 78.9 Å². The summed E-state index contributed by atoms with van der Waals surface area (Å²) >= 11 is 0. The fraction of sp³-hybridized carbons (Fsp3) is 0.344. The van der Waals surface area contributed by atoms with E-state index in [-0.39, 0.29) is 23.6 Å². The van der Waals surface area contributed by atoms with Crippen LogP contribution >= 0.6 is 0 Å². The van der Waals surface area contributed by atoms with Crippen LogP contribution in [0.5, 0.6) is 0 Å². The van der Waals surface area contributed by atoms with Crippen molar-refractivity contribution in [3.8, 4) is 0 Å². The van der Waals surface area contributed by atoms with Crippen molar-refractivity contribution in [3.63, 3.8) is 0 Å². The molecule has 3 amide bonds. The number of benzene rings is 3. The molecule has 7 nitrogen and oxygen atoms in total. The number of carbonyl (C=O) groups excluding carboxylic acids is 3. The third-order valence-corrected chi connectivity index (χ3v) is 7.75. The fourth-order valence-electron chi connectivity index (χ4n) is 5.57. The summed E-state index contributed by atoms with van der Waals surface area (Å²) in [7, 11) is 0. The number of piperazine rings is 1. The minimum atomic E-state index is -0.209. The Bertz CT molecular complexity index is 1300. The van der Waals surface area contributed by atoms with E-state index < -0.39 is 0 Å². The number of likely N-dealkylation sites (tertiary alicyclic amines) is 1. The van der Waals surface area contributed by atoms with E-state index in [4.69, 9.17) is 0 Å². The Morgan fingerprint density at radius 1 is 0.769 bits per heavy atom. The average molecular weight is 525 g/mol. The van der Waals surface area contributed by atoms with Crippen molar-refractivity contribution in [1.82, 2.24) is 9.80 Å². The zero-order valence-electron chi connectivity index (χ0n) is 22.5. The molecular weight excluding hydrogens is 488 g/mol. The summed E-state index contributed by atoms with van der Waals surface area (Å²) in [5.41, 5.74) is 3.66. The summed E-state index contributed by atoms with van der Waals surface area (Å²) in [6.45, 7) is 6.05. The lowest BCUT2D eigenvalue weighted by molar-refractivity contribution is -0.133. The predicted molar refractivity (Wildman–Crippen MR) is 154 cm³/mol. The van der Waals surface area contributed by atoms with Gasteiger partial charge in [0, 0.05) is 56.2 Å². The van der Waals surface area contributed by atoms with Crippen LogP contribution in [0.2, 0.25) is 0 Å². The molecule has 5 rings (SSSR count). The number of hydrogen-bond donors (Lipinski definition) is 1. The molecule has 2 fully saturated rings. The highest BCUT2D eigenvalue weighted by atomic mass is 16.2. The van der Waals surface area contributed by atoms with Crippen molar-refractivity contribution < 1.29 is 14.4 Å². The van der Waals surface area contributed by atoms with Crippen LogP contribution in [0.3, 0.4) is 0 Å². The molecule has 1 N–H and O–H groups in total. The monoisotopic (exact) mass is 524 g/mol. The molecule has 202 valence electrons. The topological polar surface area (TPSA) is 73.0 Å². The molecule has 1 unspecified atom stereocenters. The summed E-state index contributed by atoms with van der Waals surface area (Å²) in [6.07, 6.45) is 2.77. The predicted octanol–water partition coefficient (Wildman–Crippen LogP) is 5.02. The molecule has 39 heavy (non-hydrogen) atoms. The van der Waals surface area contributed by atoms with Crippen molar-refractivity contribution in [2.24, 2.45) is 0 Å². The summed E-state index contributed by atoms with van der Waals surface area (Å²) in [4.78, 5) is 45.8. The first-order chi connectivity index (χ1) is 19.0. The molecule has 2 aliphatic heterocycles. The Hall–Kier alpha value is -4.13. The van der Waals surface area contributed by atoms with Crippen LogP contribution < -0.4 is 10.2 Å². The van der Waals surface area contributed by atoms with Gasteiger partial charge in [0.15, 0.2) is 0 Å². The first kappa shape index (κ1) is 26.5. The van der Waals surface area contributed by atoms with Gasteiger partial charge in [-0.3, -0.25) is 14.4 Å². The molecule has 0 saturated carbocycles. The second-order valence-electron chi connectivity index (χ2n) is 10.2. The average Bonchev–Trinajstić information content (AvgIpc) is 3.53. The molecule has 2 heterocycles. The molecule has 0 radical (unpaired) electrons. The molecule has 3 aromatic carbocycles. The van der Waals surface area contributed by atoms with E-state index >= 15 is 0 Å². The van der Waals surface area contributed by atoms with E-state index in [9.17, 15) is 14.4 Å². The van der Waals surface area contributed by atoms with Gasteiger partial charge in [-0.05, 0) is 55.2 Å². The molecule has 7 heteroatoms. The number of nitrogens with one attached hydrogen (secondary N) is 1. The summed E-state index contributed by atoms with van der Waals surface area (Å²) in [5.74, 6) is -0.195. The number of anilines is 2. The van der Waals surface area contributed by atoms with Gasteiger partial charge in [-0.25, -0.2) is 0 Å². The molecule has 0 bridgehead atoms. The van der Waals surface area contributed by atoms with Gasteiger partial charge in [0.1, 0.15) is 0 Å². The third kappa shape index (κ3) is 5.98. The summed E-state index contributed by atoms with van der Waals surface area (Å²) < 4.78 is 0. The summed E-state index contributed by atoms with van der Waals surface area (Å²) in [6, 6.07) is 24.6. The Morgan fingerprint density at radius 3 is 2.05 bits per heavy atom. The maximum atomic E-state index is 13.6. The normalized spacial score (nSPS) is 16.2. The summed E-state index contributed by atoms with van der Waals surface area (Å²) in [5, 5.41) is 2.95. The van der Waals surface area contributed by atoms with E-state index in [1.165, 1.54) is 0 Å². The number of nitrogens with zero attached hydrogens (tertiary/aromatic N) is 3. The Labute approximate surface area is 230 Å². The van der Waals surface area contributed by atoms with E-state index in [1.807, 2.05) is 70.5 Å². The second kappa shape index (κ2) is 12.2. The maximum absolute atomic E-state index is 13.6. The molecule has 0 aromatic heterocycles. The van der Waals surface area contributed by atoms with Crippen molar-refractivity contribution in [2.45, 2.75) is 32.1 Å². The molecule has 2 saturated heterocycles. The second-order valence-corrected chi connectivity index (χ2v) is 10.2. The van der Waals surface area contributed by atoms with Crippen molar-refractivity contribution >= 4 is 29.1 Å². The van der Waals surface area contributed by atoms with Gasteiger partial charge in [-0.1, -0.05) is 55.5 Å². The highest BCUT2D eigenvalue weighted by molar-refractivity contribution is 6.06. The number of amides is 3. The minimum Gasteiger partial charge on any atom is -0.367 e. The van der Waals surface area contributed by atoms with Crippen molar-refractivity contribution in [2.75, 3.05) is 49.5 Å². The molecule has 0 spiro atoms. The van der Waals surface area contributed by atoms with Gasteiger partial charge >= 0.3 is 0 Å². The van der Waals surface area contributed by atoms with Gasteiger partial charge in [0.2, 0.25) is 5.91 Å². The third-order valence-electron chi connectivity index (χ3n) is 7.75. The SMILES string of the molecule is CCC(C(=O)N1CCN(c2ccc(NC(=O)c3ccccc3)cc2C(=O)N2CCCC2)CC1)c1ccccc1. The van der Waals surface area contributed by atoms with Gasteiger partial charge in [-0.15, -0.1) is 0 Å². The molecule has 0 aliphatic carbocycles. The minimum absolute atomic E-state index is 0.00746. The lowest BCUT2D eigenvalue weighted by Gasteiger charge is -2.38. The van der Waals surface area contributed by atoms with Crippen LogP contribution in [0.25, 0.3) is 0 Å². The van der Waals surface area contributed by atoms with Gasteiger partial charge in [0.05, 0.1) is 11.5 Å². The number of rotatable bonds is 7. The first-order valence-electron chi connectivity index (χ1n) is 13.9. The lowest BCUT2D eigenvalue weighted by Crippen LogP contribution is -2.50. The van der Waals surface area contributed by atoms with Crippen LogP contribution in [-0.2, 0) is 4.79 Å². The van der Waals surface area contributed by atoms with E-state index in [1.54, 1.807) is 18.2 Å². The van der Waals surface area contributed by atoms with Gasteiger partial charge < -0.3 is 20.0 Å². The van der Waals surface area contributed by atoms with Crippen LogP contribution in [-0.4, -0.2) is 66.8 Å². The van der Waals surface area contributed by atoms with Crippen LogP contribution in [0.1, 0.15) is 58.4 Å². The standard InChI is InChI=1S/C32H36N4O3/c1-2-27(24-11-5-3-6-12-24)31(38)36-21-19-34(20-22-36)29-16-15-26(33-30(37)25-13-7-4-8-14-25)23-28(29)32(39)35-17-9-10-18-35/h3-8,11-16,23,27H,2,9-10,17-22H2,1H3,(H,33,37). The first-order valence-corrected chi connectivity index (χ1v) is 13.9. The number of hydrogen-bond acceptors (Lipinski definition) is 4.